The molecule has 0 aromatic heterocycles. The normalized spacial score (nSPS) is 20.5. The smallest absolute Gasteiger partial charge is 0.406 e. The van der Waals surface area contributed by atoms with E-state index in [9.17, 15) is 45.8 Å². The first-order valence-corrected chi connectivity index (χ1v) is 9.96. The minimum absolute atomic E-state index is 0.0656. The Hall–Kier alpha value is -3.03. The van der Waals surface area contributed by atoms with Crippen molar-refractivity contribution in [2.75, 3.05) is 18.0 Å². The van der Waals surface area contributed by atoms with Gasteiger partial charge in [-0.25, -0.2) is 0 Å². The lowest BCUT2D eigenvalue weighted by Crippen LogP contribution is -2.62. The zero-order chi connectivity index (χ0) is 26.1. The average molecular weight is 499 g/mol. The molecule has 1 heterocycles. The van der Waals surface area contributed by atoms with Gasteiger partial charge in [0.15, 0.2) is 0 Å². The van der Waals surface area contributed by atoms with Crippen molar-refractivity contribution in [1.82, 2.24) is 10.6 Å². The number of anilines is 1. The van der Waals surface area contributed by atoms with E-state index < -0.39 is 67.3 Å². The Morgan fingerprint density at radius 2 is 1.74 bits per heavy atom. The van der Waals surface area contributed by atoms with E-state index >= 15 is 0 Å². The molecule has 0 spiro atoms. The van der Waals surface area contributed by atoms with Crippen molar-refractivity contribution in [2.45, 2.75) is 57.3 Å². The molecule has 0 saturated heterocycles. The van der Waals surface area contributed by atoms with Crippen molar-refractivity contribution in [3.8, 4) is 5.75 Å². The molecule has 1 aliphatic heterocycles. The highest BCUT2D eigenvalue weighted by atomic mass is 19.4. The van der Waals surface area contributed by atoms with Crippen LogP contribution in [0.1, 0.15) is 25.8 Å². The molecular weight excluding hydrogens is 476 g/mol. The number of amides is 3. The van der Waals surface area contributed by atoms with Crippen LogP contribution in [0.2, 0.25) is 0 Å². The van der Waals surface area contributed by atoms with E-state index in [0.717, 1.165) is 0 Å². The number of aryl methyl sites for hydroxylation is 1. The molecule has 3 N–H and O–H groups in total. The number of rotatable bonds is 6. The Morgan fingerprint density at radius 1 is 1.12 bits per heavy atom. The molecule has 3 atom stereocenters. The first kappa shape index (κ1) is 27.2. The van der Waals surface area contributed by atoms with Gasteiger partial charge < -0.3 is 20.5 Å². The number of nitrogens with zero attached hydrogens (tertiary/aromatic N) is 1. The predicted octanol–water partition coefficient (Wildman–Crippen LogP) is 1.98. The van der Waals surface area contributed by atoms with Crippen LogP contribution >= 0.6 is 0 Å². The summed E-state index contributed by atoms with van der Waals surface area (Å²) in [5.41, 5.74) is -2.60. The van der Waals surface area contributed by atoms with Gasteiger partial charge in [0.05, 0.1) is 12.1 Å². The SMILES string of the molecule is Cc1ccc2c(c1)N(CC(F)(F)F)C(=O)[C@@H](NC(=O)C(C)(O)C(=O)NCCC(F)(F)F)[C@@H](C)O2. The fraction of sp³-hybridized carbons (Fsp3) is 0.550. The fourth-order valence-electron chi connectivity index (χ4n) is 3.09. The Kier molecular flexibility index (Phi) is 7.75. The van der Waals surface area contributed by atoms with Crippen LogP contribution in [-0.4, -0.2) is 66.0 Å². The summed E-state index contributed by atoms with van der Waals surface area (Å²) in [6, 6.07) is 2.42. The molecule has 0 bridgehead atoms. The molecule has 1 aliphatic rings. The van der Waals surface area contributed by atoms with Crippen LogP contribution in [0.5, 0.6) is 5.75 Å². The minimum Gasteiger partial charge on any atom is -0.486 e. The third-order valence-corrected chi connectivity index (χ3v) is 4.92. The second kappa shape index (κ2) is 9.68. The number of ether oxygens (including phenoxy) is 1. The van der Waals surface area contributed by atoms with Crippen molar-refractivity contribution in [3.05, 3.63) is 23.8 Å². The number of carbonyl (C=O) groups is 3. The summed E-state index contributed by atoms with van der Waals surface area (Å²) < 4.78 is 82.0. The number of alkyl halides is 6. The Bertz CT molecular complexity index is 948. The highest BCUT2D eigenvalue weighted by Gasteiger charge is 2.46. The van der Waals surface area contributed by atoms with Crippen LogP contribution < -0.4 is 20.3 Å². The van der Waals surface area contributed by atoms with Gasteiger partial charge in [-0.2, -0.15) is 26.3 Å². The van der Waals surface area contributed by atoms with Crippen LogP contribution in [0.15, 0.2) is 18.2 Å². The standard InChI is InChI=1S/C20H23F6N3O5/c1-10-4-5-13-12(8-10)29(9-20(24,25)26)15(30)14(11(2)34-13)28-17(32)18(3,33)16(31)27-7-6-19(21,22)23/h4-5,8,11,14,33H,6-7,9H2,1-3H3,(H,27,31)(H,28,32)/t11-,14+,18?/m1/s1. The van der Waals surface area contributed by atoms with Gasteiger partial charge in [-0.05, 0) is 38.5 Å². The van der Waals surface area contributed by atoms with Crippen LogP contribution in [0.25, 0.3) is 0 Å². The van der Waals surface area contributed by atoms with Crippen molar-refractivity contribution >= 4 is 23.4 Å². The monoisotopic (exact) mass is 499 g/mol. The van der Waals surface area contributed by atoms with Gasteiger partial charge in [-0.15, -0.1) is 0 Å². The average Bonchev–Trinajstić information content (AvgIpc) is 2.76. The quantitative estimate of drug-likeness (QED) is 0.410. The van der Waals surface area contributed by atoms with E-state index in [1.165, 1.54) is 25.1 Å². The van der Waals surface area contributed by atoms with E-state index in [-0.39, 0.29) is 11.4 Å². The van der Waals surface area contributed by atoms with E-state index in [0.29, 0.717) is 17.4 Å². The second-order valence-corrected chi connectivity index (χ2v) is 7.98. The minimum atomic E-state index is -4.82. The van der Waals surface area contributed by atoms with Gasteiger partial charge in [0.1, 0.15) is 24.4 Å². The number of carbonyl (C=O) groups excluding carboxylic acids is 3. The van der Waals surface area contributed by atoms with Crippen LogP contribution in [-0.2, 0) is 14.4 Å². The Balaban J connectivity index is 2.28. The van der Waals surface area contributed by atoms with Crippen molar-refractivity contribution in [3.63, 3.8) is 0 Å². The number of aliphatic hydroxyl groups is 1. The van der Waals surface area contributed by atoms with Crippen LogP contribution in [0.3, 0.4) is 0 Å². The molecule has 0 saturated carbocycles. The molecule has 0 radical (unpaired) electrons. The molecule has 1 aromatic carbocycles. The molecule has 190 valence electrons. The highest BCUT2D eigenvalue weighted by Crippen LogP contribution is 2.36. The molecule has 3 amide bonds. The predicted molar refractivity (Wildman–Crippen MR) is 106 cm³/mol. The summed E-state index contributed by atoms with van der Waals surface area (Å²) in [6.07, 6.45) is -12.1. The van der Waals surface area contributed by atoms with E-state index in [2.05, 4.69) is 0 Å². The number of nitrogens with one attached hydrogen (secondary N) is 2. The van der Waals surface area contributed by atoms with Gasteiger partial charge in [-0.3, -0.25) is 19.3 Å². The number of benzene rings is 1. The summed E-state index contributed by atoms with van der Waals surface area (Å²) in [6.45, 7) is 0.894. The molecule has 8 nitrogen and oxygen atoms in total. The van der Waals surface area contributed by atoms with Crippen molar-refractivity contribution in [2.24, 2.45) is 0 Å². The second-order valence-electron chi connectivity index (χ2n) is 7.98. The highest BCUT2D eigenvalue weighted by molar-refractivity contribution is 6.10. The van der Waals surface area contributed by atoms with Crippen LogP contribution in [0.4, 0.5) is 32.0 Å². The summed E-state index contributed by atoms with van der Waals surface area (Å²) in [5, 5.41) is 14.0. The number of hydrogen-bond acceptors (Lipinski definition) is 5. The maximum absolute atomic E-state index is 13.2. The summed E-state index contributed by atoms with van der Waals surface area (Å²) >= 11 is 0. The first-order chi connectivity index (χ1) is 15.4. The third kappa shape index (κ3) is 6.74. The molecule has 1 unspecified atom stereocenters. The maximum atomic E-state index is 13.2. The van der Waals surface area contributed by atoms with Crippen LogP contribution in [0, 0.1) is 6.92 Å². The third-order valence-electron chi connectivity index (χ3n) is 4.92. The number of hydrogen-bond donors (Lipinski definition) is 3. The van der Waals surface area contributed by atoms with Gasteiger partial charge >= 0.3 is 12.4 Å². The fourth-order valence-corrected chi connectivity index (χ4v) is 3.09. The first-order valence-electron chi connectivity index (χ1n) is 9.96. The molecule has 0 aliphatic carbocycles. The Morgan fingerprint density at radius 3 is 2.29 bits per heavy atom. The lowest BCUT2D eigenvalue weighted by Gasteiger charge is -2.29. The summed E-state index contributed by atoms with van der Waals surface area (Å²) in [4.78, 5) is 38.0. The van der Waals surface area contributed by atoms with E-state index in [4.69, 9.17) is 4.74 Å². The lowest BCUT2D eigenvalue weighted by atomic mass is 10.0. The number of halogens is 6. The van der Waals surface area contributed by atoms with E-state index in [1.54, 1.807) is 12.2 Å². The topological polar surface area (TPSA) is 108 Å². The van der Waals surface area contributed by atoms with Gasteiger partial charge in [-0.1, -0.05) is 6.07 Å². The lowest BCUT2D eigenvalue weighted by molar-refractivity contribution is -0.154. The van der Waals surface area contributed by atoms with Crippen molar-refractivity contribution < 1.29 is 50.6 Å². The molecule has 1 aromatic rings. The summed E-state index contributed by atoms with van der Waals surface area (Å²) in [7, 11) is 0. The largest absolute Gasteiger partial charge is 0.486 e. The number of fused-ring (bicyclic) bond motifs is 1. The molecule has 14 heteroatoms. The van der Waals surface area contributed by atoms with Gasteiger partial charge in [0.2, 0.25) is 5.60 Å². The van der Waals surface area contributed by atoms with Crippen molar-refractivity contribution in [1.29, 1.82) is 0 Å². The summed E-state index contributed by atoms with van der Waals surface area (Å²) in [5.74, 6) is -4.30. The molecule has 0 fully saturated rings. The Labute approximate surface area is 190 Å². The molecular formula is C20H23F6N3O5. The maximum Gasteiger partial charge on any atom is 0.406 e. The molecule has 34 heavy (non-hydrogen) atoms. The van der Waals surface area contributed by atoms with E-state index in [1.807, 2.05) is 5.32 Å². The zero-order valence-electron chi connectivity index (χ0n) is 18.3. The van der Waals surface area contributed by atoms with Gasteiger partial charge in [0.25, 0.3) is 17.7 Å². The van der Waals surface area contributed by atoms with Gasteiger partial charge in [0, 0.05) is 6.54 Å². The molecule has 2 rings (SSSR count). The zero-order valence-corrected chi connectivity index (χ0v) is 18.3.